The van der Waals surface area contributed by atoms with Crippen molar-refractivity contribution in [1.82, 2.24) is 9.80 Å². The molecule has 2 saturated heterocycles. The van der Waals surface area contributed by atoms with Crippen LogP contribution in [-0.4, -0.2) is 60.8 Å². The molecule has 0 aromatic heterocycles. The first kappa shape index (κ1) is 22.7. The van der Waals surface area contributed by atoms with E-state index in [9.17, 15) is 22.8 Å². The monoisotopic (exact) mass is 453 g/mol. The van der Waals surface area contributed by atoms with Crippen LogP contribution in [0.2, 0.25) is 0 Å². The fourth-order valence-electron chi connectivity index (χ4n) is 5.33. The summed E-state index contributed by atoms with van der Waals surface area (Å²) in [7, 11) is 1.89. The zero-order valence-corrected chi connectivity index (χ0v) is 18.4. The SMILES string of the molecule is CN(C(=O)N1CCC2(CC1)CCN(c1ccc(OC(F)(F)F)cc1)C2=O)C1CCCCC1. The van der Waals surface area contributed by atoms with Gasteiger partial charge in [-0.1, -0.05) is 19.3 Å². The second-order valence-electron chi connectivity index (χ2n) is 9.20. The highest BCUT2D eigenvalue weighted by atomic mass is 19.4. The molecule has 1 spiro atoms. The normalized spacial score (nSPS) is 21.8. The van der Waals surface area contributed by atoms with E-state index in [0.717, 1.165) is 12.8 Å². The molecular formula is C23H30F3N3O3. The molecule has 9 heteroatoms. The minimum Gasteiger partial charge on any atom is -0.406 e. The van der Waals surface area contributed by atoms with Crippen LogP contribution in [0.15, 0.2) is 24.3 Å². The van der Waals surface area contributed by atoms with Crippen LogP contribution < -0.4 is 9.64 Å². The van der Waals surface area contributed by atoms with Crippen LogP contribution in [0.1, 0.15) is 51.4 Å². The predicted octanol–water partition coefficient (Wildman–Crippen LogP) is 4.79. The van der Waals surface area contributed by atoms with Gasteiger partial charge in [-0.25, -0.2) is 4.79 Å². The van der Waals surface area contributed by atoms with Crippen LogP contribution in [0.3, 0.4) is 0 Å². The van der Waals surface area contributed by atoms with Gasteiger partial charge in [0.2, 0.25) is 5.91 Å². The van der Waals surface area contributed by atoms with Gasteiger partial charge in [0.1, 0.15) is 5.75 Å². The second-order valence-corrected chi connectivity index (χ2v) is 9.20. The van der Waals surface area contributed by atoms with Crippen molar-refractivity contribution in [1.29, 1.82) is 0 Å². The highest BCUT2D eigenvalue weighted by Crippen LogP contribution is 2.43. The molecule has 176 valence electrons. The maximum absolute atomic E-state index is 13.3. The van der Waals surface area contributed by atoms with Crippen molar-refractivity contribution in [3.63, 3.8) is 0 Å². The van der Waals surface area contributed by atoms with Crippen LogP contribution in [-0.2, 0) is 4.79 Å². The van der Waals surface area contributed by atoms with Gasteiger partial charge in [-0.3, -0.25) is 4.79 Å². The van der Waals surface area contributed by atoms with Crippen LogP contribution in [0, 0.1) is 5.41 Å². The van der Waals surface area contributed by atoms with E-state index in [1.807, 2.05) is 16.8 Å². The average Bonchev–Trinajstić information content (AvgIpc) is 3.09. The molecule has 0 unspecified atom stereocenters. The molecule has 0 atom stereocenters. The van der Waals surface area contributed by atoms with E-state index < -0.39 is 11.8 Å². The summed E-state index contributed by atoms with van der Waals surface area (Å²) in [4.78, 5) is 31.6. The molecule has 1 aromatic rings. The predicted molar refractivity (Wildman–Crippen MR) is 113 cm³/mol. The average molecular weight is 454 g/mol. The van der Waals surface area contributed by atoms with Gasteiger partial charge in [0.25, 0.3) is 0 Å². The summed E-state index contributed by atoms with van der Waals surface area (Å²) < 4.78 is 41.0. The lowest BCUT2D eigenvalue weighted by molar-refractivity contribution is -0.274. The molecule has 1 aromatic carbocycles. The van der Waals surface area contributed by atoms with Crippen molar-refractivity contribution in [3.05, 3.63) is 24.3 Å². The summed E-state index contributed by atoms with van der Waals surface area (Å²) in [5.74, 6) is -0.314. The van der Waals surface area contributed by atoms with Crippen molar-refractivity contribution in [2.45, 2.75) is 63.8 Å². The number of hydrogen-bond acceptors (Lipinski definition) is 3. The number of alkyl halides is 3. The number of halogens is 3. The Morgan fingerprint density at radius 1 is 1.03 bits per heavy atom. The first-order valence-electron chi connectivity index (χ1n) is 11.4. The minimum absolute atomic E-state index is 0.00489. The number of benzene rings is 1. The molecule has 32 heavy (non-hydrogen) atoms. The Hall–Kier alpha value is -2.45. The molecule has 2 aliphatic heterocycles. The minimum atomic E-state index is -4.74. The fourth-order valence-corrected chi connectivity index (χ4v) is 5.33. The van der Waals surface area contributed by atoms with Crippen molar-refractivity contribution < 1.29 is 27.5 Å². The highest BCUT2D eigenvalue weighted by molar-refractivity contribution is 6.00. The summed E-state index contributed by atoms with van der Waals surface area (Å²) in [6.07, 6.45) is 2.85. The van der Waals surface area contributed by atoms with E-state index >= 15 is 0 Å². The van der Waals surface area contributed by atoms with Gasteiger partial charge in [0.15, 0.2) is 0 Å². The van der Waals surface area contributed by atoms with E-state index in [1.165, 1.54) is 43.5 Å². The number of piperidine rings is 1. The third-order valence-corrected chi connectivity index (χ3v) is 7.31. The van der Waals surface area contributed by atoms with Gasteiger partial charge in [-0.05, 0) is 56.4 Å². The molecule has 0 radical (unpaired) electrons. The van der Waals surface area contributed by atoms with Crippen LogP contribution in [0.4, 0.5) is 23.7 Å². The Morgan fingerprint density at radius 3 is 2.22 bits per heavy atom. The van der Waals surface area contributed by atoms with E-state index in [4.69, 9.17) is 0 Å². The molecule has 1 saturated carbocycles. The Balaban J connectivity index is 1.35. The lowest BCUT2D eigenvalue weighted by Crippen LogP contribution is -2.52. The number of hydrogen-bond donors (Lipinski definition) is 0. The molecular weight excluding hydrogens is 423 g/mol. The number of nitrogens with zero attached hydrogens (tertiary/aromatic N) is 3. The van der Waals surface area contributed by atoms with Gasteiger partial charge < -0.3 is 19.4 Å². The van der Waals surface area contributed by atoms with Crippen molar-refractivity contribution >= 4 is 17.6 Å². The van der Waals surface area contributed by atoms with Gasteiger partial charge in [-0.2, -0.15) is 0 Å². The Bertz CT molecular complexity index is 829. The molecule has 3 aliphatic rings. The summed E-state index contributed by atoms with van der Waals surface area (Å²) in [6.45, 7) is 1.62. The van der Waals surface area contributed by atoms with Crippen LogP contribution in [0.25, 0.3) is 0 Å². The molecule has 6 nitrogen and oxygen atoms in total. The Kier molecular flexibility index (Phi) is 6.27. The van der Waals surface area contributed by atoms with Gasteiger partial charge in [0.05, 0.1) is 5.41 Å². The number of carbonyl (C=O) groups excluding carboxylic acids is 2. The van der Waals surface area contributed by atoms with Gasteiger partial charge in [0, 0.05) is 38.4 Å². The van der Waals surface area contributed by atoms with Crippen LogP contribution >= 0.6 is 0 Å². The summed E-state index contributed by atoms with van der Waals surface area (Å²) in [6, 6.07) is 5.77. The fraction of sp³-hybridized carbons (Fsp3) is 0.652. The largest absolute Gasteiger partial charge is 0.573 e. The number of ether oxygens (including phenoxy) is 1. The van der Waals surface area contributed by atoms with E-state index in [2.05, 4.69) is 4.74 Å². The third-order valence-electron chi connectivity index (χ3n) is 7.31. The highest BCUT2D eigenvalue weighted by Gasteiger charge is 2.49. The molecule has 0 N–H and O–H groups in total. The number of anilines is 1. The maximum atomic E-state index is 13.3. The molecule has 3 amide bonds. The van der Waals surface area contributed by atoms with E-state index in [1.54, 1.807) is 4.90 Å². The molecule has 2 heterocycles. The van der Waals surface area contributed by atoms with Crippen molar-refractivity contribution in [2.75, 3.05) is 31.6 Å². The molecule has 0 bridgehead atoms. The molecule has 1 aliphatic carbocycles. The zero-order valence-electron chi connectivity index (χ0n) is 18.4. The standard InChI is InChI=1S/C23H30F3N3O3/c1-27(17-5-3-2-4-6-17)21(31)28-14-11-22(12-15-28)13-16-29(20(22)30)18-7-9-19(10-8-18)32-23(24,25)26/h7-10,17H,2-6,11-16H2,1H3. The lowest BCUT2D eigenvalue weighted by Gasteiger charge is -2.41. The molecule has 4 rings (SSSR count). The third kappa shape index (κ3) is 4.66. The number of rotatable bonds is 3. The topological polar surface area (TPSA) is 53.1 Å². The Morgan fingerprint density at radius 2 is 1.62 bits per heavy atom. The number of likely N-dealkylation sites (tertiary alicyclic amines) is 1. The van der Waals surface area contributed by atoms with Crippen molar-refractivity contribution in [3.8, 4) is 5.75 Å². The zero-order chi connectivity index (χ0) is 22.9. The Labute approximate surface area is 186 Å². The lowest BCUT2D eigenvalue weighted by atomic mass is 9.77. The van der Waals surface area contributed by atoms with Crippen LogP contribution in [0.5, 0.6) is 5.75 Å². The number of urea groups is 1. The van der Waals surface area contributed by atoms with Gasteiger partial charge in [-0.15, -0.1) is 13.2 Å². The second kappa shape index (κ2) is 8.83. The summed E-state index contributed by atoms with van der Waals surface area (Å²) in [5, 5.41) is 0. The first-order valence-corrected chi connectivity index (χ1v) is 11.4. The quantitative estimate of drug-likeness (QED) is 0.661. The maximum Gasteiger partial charge on any atom is 0.573 e. The first-order chi connectivity index (χ1) is 15.2. The van der Waals surface area contributed by atoms with Crippen molar-refractivity contribution in [2.24, 2.45) is 5.41 Å². The van der Waals surface area contributed by atoms with Gasteiger partial charge >= 0.3 is 12.4 Å². The number of amides is 3. The smallest absolute Gasteiger partial charge is 0.406 e. The summed E-state index contributed by atoms with van der Waals surface area (Å²) >= 11 is 0. The summed E-state index contributed by atoms with van der Waals surface area (Å²) in [5.41, 5.74) is 0.0679. The van der Waals surface area contributed by atoms with E-state index in [-0.39, 0.29) is 17.7 Å². The molecule has 3 fully saturated rings. The number of carbonyl (C=O) groups is 2. The van der Waals surface area contributed by atoms with E-state index in [0.29, 0.717) is 50.6 Å².